The molecule has 0 aromatic rings. The Bertz CT molecular complexity index is 284. The molecule has 0 radical (unpaired) electrons. The standard InChI is InChI=1S/C11H21NO5/c1-6-16-7-11(5,8(13)14)12-9(15)17-10(2,3)4/h6-7H2,1-5H3,(H,12,15)(H,13,14). The van der Waals surface area contributed by atoms with Crippen LogP contribution in [0.3, 0.4) is 0 Å². The molecular formula is C11H21NO5. The Hall–Kier alpha value is -1.30. The predicted molar refractivity (Wildman–Crippen MR) is 61.9 cm³/mol. The molecule has 0 aliphatic heterocycles. The number of hydrogen-bond donors (Lipinski definition) is 2. The molecule has 0 aromatic carbocycles. The number of carboxylic acids is 1. The molecule has 1 unspecified atom stereocenters. The molecule has 1 amide bonds. The highest BCUT2D eigenvalue weighted by Crippen LogP contribution is 2.10. The number of rotatable bonds is 5. The topological polar surface area (TPSA) is 84.9 Å². The summed E-state index contributed by atoms with van der Waals surface area (Å²) in [7, 11) is 0. The Morgan fingerprint density at radius 3 is 2.12 bits per heavy atom. The number of ether oxygens (including phenoxy) is 2. The fourth-order valence-corrected chi connectivity index (χ4v) is 0.986. The maximum Gasteiger partial charge on any atom is 0.408 e. The fourth-order valence-electron chi connectivity index (χ4n) is 0.986. The molecule has 0 saturated heterocycles. The van der Waals surface area contributed by atoms with Gasteiger partial charge in [0, 0.05) is 6.61 Å². The molecule has 6 heteroatoms. The van der Waals surface area contributed by atoms with Crippen LogP contribution in [0, 0.1) is 0 Å². The van der Waals surface area contributed by atoms with Gasteiger partial charge in [-0.05, 0) is 34.6 Å². The van der Waals surface area contributed by atoms with Gasteiger partial charge in [-0.3, -0.25) is 0 Å². The van der Waals surface area contributed by atoms with Crippen LogP contribution in [0.25, 0.3) is 0 Å². The van der Waals surface area contributed by atoms with E-state index in [9.17, 15) is 9.59 Å². The Labute approximate surface area is 101 Å². The van der Waals surface area contributed by atoms with Crippen molar-refractivity contribution in [2.45, 2.75) is 45.8 Å². The minimum Gasteiger partial charge on any atom is -0.479 e. The van der Waals surface area contributed by atoms with Gasteiger partial charge in [0.05, 0.1) is 6.61 Å². The number of carbonyl (C=O) groups excluding carboxylic acids is 1. The Balaban J connectivity index is 4.55. The number of amides is 1. The third-order valence-corrected chi connectivity index (χ3v) is 1.84. The van der Waals surface area contributed by atoms with E-state index in [0.29, 0.717) is 6.61 Å². The number of carboxylic acid groups (broad SMARTS) is 1. The monoisotopic (exact) mass is 247 g/mol. The third-order valence-electron chi connectivity index (χ3n) is 1.84. The van der Waals surface area contributed by atoms with E-state index in [4.69, 9.17) is 14.6 Å². The first-order chi connectivity index (χ1) is 7.60. The van der Waals surface area contributed by atoms with Gasteiger partial charge in [0.15, 0.2) is 5.54 Å². The van der Waals surface area contributed by atoms with Crippen LogP contribution >= 0.6 is 0 Å². The summed E-state index contributed by atoms with van der Waals surface area (Å²) in [5.74, 6) is -1.17. The number of nitrogens with one attached hydrogen (secondary N) is 1. The molecule has 0 spiro atoms. The molecular weight excluding hydrogens is 226 g/mol. The van der Waals surface area contributed by atoms with Crippen molar-refractivity contribution in [2.24, 2.45) is 0 Å². The lowest BCUT2D eigenvalue weighted by molar-refractivity contribution is -0.146. The van der Waals surface area contributed by atoms with Crippen LogP contribution in [0.1, 0.15) is 34.6 Å². The first-order valence-corrected chi connectivity index (χ1v) is 5.43. The fraction of sp³-hybridized carbons (Fsp3) is 0.818. The zero-order chi connectivity index (χ0) is 13.7. The quantitative estimate of drug-likeness (QED) is 0.766. The van der Waals surface area contributed by atoms with Crippen molar-refractivity contribution >= 4 is 12.1 Å². The smallest absolute Gasteiger partial charge is 0.408 e. The first-order valence-electron chi connectivity index (χ1n) is 5.43. The molecule has 0 aromatic heterocycles. The molecule has 0 saturated carbocycles. The summed E-state index contributed by atoms with van der Waals surface area (Å²) in [5.41, 5.74) is -2.16. The minimum absolute atomic E-state index is 0.113. The summed E-state index contributed by atoms with van der Waals surface area (Å²) in [6.45, 7) is 8.48. The normalized spacial score (nSPS) is 14.9. The molecule has 0 bridgehead atoms. The van der Waals surface area contributed by atoms with Gasteiger partial charge in [0.1, 0.15) is 5.60 Å². The van der Waals surface area contributed by atoms with E-state index in [-0.39, 0.29) is 6.61 Å². The molecule has 0 rings (SSSR count). The van der Waals surface area contributed by atoms with Crippen LogP contribution in [0.5, 0.6) is 0 Å². The Morgan fingerprint density at radius 1 is 1.24 bits per heavy atom. The average molecular weight is 247 g/mol. The van der Waals surface area contributed by atoms with E-state index in [1.807, 2.05) is 0 Å². The molecule has 2 N–H and O–H groups in total. The van der Waals surface area contributed by atoms with Crippen molar-refractivity contribution in [3.05, 3.63) is 0 Å². The number of alkyl carbamates (subject to hydrolysis) is 1. The van der Waals surface area contributed by atoms with Gasteiger partial charge in [-0.25, -0.2) is 9.59 Å². The lowest BCUT2D eigenvalue weighted by atomic mass is 10.1. The van der Waals surface area contributed by atoms with E-state index in [1.165, 1.54) is 6.92 Å². The highest BCUT2D eigenvalue weighted by molar-refractivity contribution is 5.84. The van der Waals surface area contributed by atoms with Crippen molar-refractivity contribution in [3.63, 3.8) is 0 Å². The summed E-state index contributed by atoms with van der Waals surface area (Å²) in [6, 6.07) is 0. The molecule has 100 valence electrons. The molecule has 6 nitrogen and oxygen atoms in total. The van der Waals surface area contributed by atoms with Crippen molar-refractivity contribution in [3.8, 4) is 0 Å². The van der Waals surface area contributed by atoms with E-state index in [0.717, 1.165) is 0 Å². The Morgan fingerprint density at radius 2 is 1.76 bits per heavy atom. The lowest BCUT2D eigenvalue weighted by Crippen LogP contribution is -2.56. The SMILES string of the molecule is CCOCC(C)(NC(=O)OC(C)(C)C)C(=O)O. The molecule has 17 heavy (non-hydrogen) atoms. The van der Waals surface area contributed by atoms with Crippen LogP contribution in [-0.4, -0.2) is 41.5 Å². The van der Waals surface area contributed by atoms with E-state index in [1.54, 1.807) is 27.7 Å². The van der Waals surface area contributed by atoms with Crippen molar-refractivity contribution in [1.82, 2.24) is 5.32 Å². The molecule has 0 fully saturated rings. The second-order valence-electron chi connectivity index (χ2n) is 4.90. The van der Waals surface area contributed by atoms with Crippen molar-refractivity contribution in [2.75, 3.05) is 13.2 Å². The highest BCUT2D eigenvalue weighted by Gasteiger charge is 2.36. The molecule has 0 aliphatic carbocycles. The minimum atomic E-state index is -1.49. The van der Waals surface area contributed by atoms with Crippen LogP contribution < -0.4 is 5.32 Å². The maximum absolute atomic E-state index is 11.5. The van der Waals surface area contributed by atoms with Gasteiger partial charge in [0.25, 0.3) is 0 Å². The van der Waals surface area contributed by atoms with Gasteiger partial charge in [-0.2, -0.15) is 0 Å². The second-order valence-corrected chi connectivity index (χ2v) is 4.90. The van der Waals surface area contributed by atoms with Crippen LogP contribution in [0.2, 0.25) is 0 Å². The van der Waals surface area contributed by atoms with Crippen LogP contribution in [0.4, 0.5) is 4.79 Å². The molecule has 0 aliphatic rings. The van der Waals surface area contributed by atoms with Gasteiger partial charge in [-0.1, -0.05) is 0 Å². The van der Waals surface area contributed by atoms with Gasteiger partial charge < -0.3 is 19.9 Å². The highest BCUT2D eigenvalue weighted by atomic mass is 16.6. The van der Waals surface area contributed by atoms with E-state index < -0.39 is 23.2 Å². The first kappa shape index (κ1) is 15.7. The predicted octanol–water partition coefficient (Wildman–Crippen LogP) is 1.39. The summed E-state index contributed by atoms with van der Waals surface area (Å²) >= 11 is 0. The summed E-state index contributed by atoms with van der Waals surface area (Å²) in [5, 5.41) is 11.4. The number of aliphatic carboxylic acids is 1. The molecule has 1 atom stereocenters. The summed E-state index contributed by atoms with van der Waals surface area (Å²) in [6.07, 6.45) is -0.776. The Kier molecular flexibility index (Phi) is 5.41. The largest absolute Gasteiger partial charge is 0.479 e. The van der Waals surface area contributed by atoms with Crippen molar-refractivity contribution < 1.29 is 24.2 Å². The van der Waals surface area contributed by atoms with Crippen LogP contribution in [0.15, 0.2) is 0 Å². The molecule has 0 heterocycles. The average Bonchev–Trinajstić information content (AvgIpc) is 2.11. The van der Waals surface area contributed by atoms with Gasteiger partial charge in [-0.15, -0.1) is 0 Å². The van der Waals surface area contributed by atoms with Gasteiger partial charge >= 0.3 is 12.1 Å². The van der Waals surface area contributed by atoms with Crippen LogP contribution in [-0.2, 0) is 14.3 Å². The maximum atomic E-state index is 11.5. The third kappa shape index (κ3) is 6.11. The number of carbonyl (C=O) groups is 2. The van der Waals surface area contributed by atoms with E-state index in [2.05, 4.69) is 5.32 Å². The summed E-state index contributed by atoms with van der Waals surface area (Å²) < 4.78 is 10.0. The van der Waals surface area contributed by atoms with E-state index >= 15 is 0 Å². The van der Waals surface area contributed by atoms with Gasteiger partial charge in [0.2, 0.25) is 0 Å². The zero-order valence-corrected chi connectivity index (χ0v) is 11.0. The lowest BCUT2D eigenvalue weighted by Gasteiger charge is -2.28. The van der Waals surface area contributed by atoms with Crippen molar-refractivity contribution in [1.29, 1.82) is 0 Å². The zero-order valence-electron chi connectivity index (χ0n) is 11.0. The second kappa shape index (κ2) is 5.86. The number of hydrogen-bond acceptors (Lipinski definition) is 4. The summed E-state index contributed by atoms with van der Waals surface area (Å²) in [4.78, 5) is 22.6.